The van der Waals surface area contributed by atoms with Crippen LogP contribution in [0.4, 0.5) is 26.5 Å². The third-order valence-corrected chi connectivity index (χ3v) is 14.3. The van der Waals surface area contributed by atoms with Crippen molar-refractivity contribution in [3.8, 4) is 35.6 Å². The van der Waals surface area contributed by atoms with Gasteiger partial charge >= 0.3 is 12.0 Å². The molecule has 0 unspecified atom stereocenters. The predicted molar refractivity (Wildman–Crippen MR) is 258 cm³/mol. The molecule has 3 N–H and O–H groups in total. The van der Waals surface area contributed by atoms with Crippen molar-refractivity contribution in [2.24, 2.45) is 0 Å². The fourth-order valence-corrected chi connectivity index (χ4v) is 10.4. The number of fused-ring (bicyclic) bond motifs is 3. The van der Waals surface area contributed by atoms with Crippen molar-refractivity contribution in [1.82, 2.24) is 29.1 Å². The fraction of sp³-hybridized carbons (Fsp3) is 0.239. The standard InChI is InChI=1S/C19H15FN2O4.C16H18N6O7S2.C11H8ClNO3/c1-2-7-21-15-9-14(13(20)8-16(15)26-10-17(21)23)22-18(24)11-5-3-4-6-12(11)19(22)25;1-4-30(24,25)13-14(22-8-6-5-7-10(22)17-13)31(26,27)21-16(23)20-15-18-11(28-2)9-12(19-15)29-3;12-8-3-4-9(16-6-10(14)15)11-7(8)2-1-5-13-11/h1,8-9H,3-7,10H2;5-9H,4H2,1-3H3,(H2,18,19,20,21,23);1-5H,6H2,(H,14,15). The Bertz CT molecular complexity index is 3480. The second-order valence-corrected chi connectivity index (χ2v) is 19.6. The Morgan fingerprint density at radius 1 is 0.932 bits per heavy atom. The number of methoxy groups -OCH3 is 2. The number of sulfonamides is 1. The summed E-state index contributed by atoms with van der Waals surface area (Å²) in [5.41, 5.74) is 1.64. The van der Waals surface area contributed by atoms with E-state index in [1.165, 1.54) is 56.5 Å². The van der Waals surface area contributed by atoms with Crippen LogP contribution in [0.1, 0.15) is 32.6 Å². The molecule has 0 radical (unpaired) electrons. The van der Waals surface area contributed by atoms with E-state index in [2.05, 4.69) is 31.2 Å². The number of hydrogen-bond acceptors (Lipinski definition) is 17. The number of carboxylic acids is 1. The minimum absolute atomic E-state index is 0.0170. The molecule has 23 nitrogen and oxygen atoms in total. The number of hydrogen-bond donors (Lipinski definition) is 3. The molecule has 73 heavy (non-hydrogen) atoms. The number of aliphatic carboxylic acids is 1. The van der Waals surface area contributed by atoms with Crippen LogP contribution in [0.3, 0.4) is 0 Å². The number of urea groups is 1. The number of sulfone groups is 1. The van der Waals surface area contributed by atoms with Gasteiger partial charge in [0, 0.05) is 35.0 Å². The summed E-state index contributed by atoms with van der Waals surface area (Å²) >= 11 is 5.98. The SMILES string of the molecule is C#CCN1C(=O)COc2cc(F)c(N3C(=O)C4=C(CCCC4)C3=O)cc21.CCS(=O)(=O)c1nc2ccccn2c1S(=O)(=O)NC(=O)Nc1nc(OC)cc(OC)n1.O=C(O)COc1ccc(Cl)c2cccnc12. The number of anilines is 3. The second kappa shape index (κ2) is 21.9. The van der Waals surface area contributed by atoms with Crippen LogP contribution in [0.5, 0.6) is 23.3 Å². The van der Waals surface area contributed by atoms with Crippen molar-refractivity contribution in [2.75, 3.05) is 54.8 Å². The normalized spacial score (nSPS) is 14.2. The Balaban J connectivity index is 0.000000168. The highest BCUT2D eigenvalue weighted by molar-refractivity contribution is 7.93. The van der Waals surface area contributed by atoms with Gasteiger partial charge in [-0.1, -0.05) is 30.5 Å². The van der Waals surface area contributed by atoms with Gasteiger partial charge in [0.2, 0.25) is 17.7 Å². The van der Waals surface area contributed by atoms with Gasteiger partial charge in [-0.2, -0.15) is 18.4 Å². The van der Waals surface area contributed by atoms with Gasteiger partial charge in [-0.3, -0.25) is 34.0 Å². The monoisotopic (exact) mass is 1060 g/mol. The van der Waals surface area contributed by atoms with Crippen molar-refractivity contribution >= 4 is 95.1 Å². The highest BCUT2D eigenvalue weighted by Gasteiger charge is 2.42. The number of terminal acetylenes is 1. The molecule has 4 aromatic heterocycles. The number of carbonyl (C=O) groups is 5. The van der Waals surface area contributed by atoms with Gasteiger partial charge in [0.05, 0.1) is 49.0 Å². The summed E-state index contributed by atoms with van der Waals surface area (Å²) in [7, 11) is -6.04. The predicted octanol–water partition coefficient (Wildman–Crippen LogP) is 4.73. The molecule has 1 aliphatic carbocycles. The van der Waals surface area contributed by atoms with Crippen molar-refractivity contribution in [2.45, 2.75) is 42.7 Å². The Hall–Kier alpha value is -8.41. The summed E-state index contributed by atoms with van der Waals surface area (Å²) in [4.78, 5) is 78.1. The lowest BCUT2D eigenvalue weighted by Crippen LogP contribution is -2.39. The molecule has 380 valence electrons. The number of aromatic nitrogens is 5. The Labute approximate surface area is 419 Å². The molecule has 2 aliphatic heterocycles. The van der Waals surface area contributed by atoms with Gasteiger partial charge in [0.25, 0.3) is 27.7 Å². The number of halogens is 2. The number of ether oxygens (including phenoxy) is 4. The molecular formula is C46H41ClFN9O14S2. The largest absolute Gasteiger partial charge is 0.481 e. The van der Waals surface area contributed by atoms with E-state index >= 15 is 0 Å². The van der Waals surface area contributed by atoms with Gasteiger partial charge in [0.15, 0.2) is 38.9 Å². The van der Waals surface area contributed by atoms with Gasteiger partial charge in [-0.05, 0) is 68.1 Å². The van der Waals surface area contributed by atoms with Gasteiger partial charge in [0.1, 0.15) is 22.7 Å². The molecular weight excluding hydrogens is 1020 g/mol. The van der Waals surface area contributed by atoms with Crippen LogP contribution in [-0.4, -0.2) is 116 Å². The average Bonchev–Trinajstić information content (AvgIpc) is 3.90. The first-order chi connectivity index (χ1) is 34.8. The van der Waals surface area contributed by atoms with E-state index in [9.17, 15) is 45.2 Å². The maximum absolute atomic E-state index is 14.7. The maximum atomic E-state index is 14.7. The summed E-state index contributed by atoms with van der Waals surface area (Å²) in [5.74, 6) is -0.775. The number of rotatable bonds is 12. The highest BCUT2D eigenvalue weighted by Crippen LogP contribution is 2.42. The molecule has 2 aromatic carbocycles. The summed E-state index contributed by atoms with van der Waals surface area (Å²) < 4.78 is 88.5. The molecule has 0 fully saturated rings. The van der Waals surface area contributed by atoms with Crippen molar-refractivity contribution in [3.63, 3.8) is 0 Å². The quantitative estimate of drug-likeness (QED) is 0.110. The third-order valence-electron chi connectivity index (χ3n) is 10.8. The number of carbonyl (C=O) groups excluding carboxylic acids is 4. The minimum atomic E-state index is -4.68. The molecule has 27 heteroatoms. The van der Waals surface area contributed by atoms with Crippen molar-refractivity contribution in [1.29, 1.82) is 0 Å². The Kier molecular flexibility index (Phi) is 15.7. The van der Waals surface area contributed by atoms with E-state index < -0.39 is 66.2 Å². The second-order valence-electron chi connectivity index (χ2n) is 15.4. The molecule has 6 aromatic rings. The molecule has 9 rings (SSSR count). The smallest absolute Gasteiger partial charge is 0.341 e. The van der Waals surface area contributed by atoms with E-state index in [1.54, 1.807) is 41.3 Å². The van der Waals surface area contributed by atoms with E-state index in [4.69, 9.17) is 42.1 Å². The Morgan fingerprint density at radius 3 is 2.25 bits per heavy atom. The number of amides is 5. The first-order valence-electron chi connectivity index (χ1n) is 21.5. The lowest BCUT2D eigenvalue weighted by atomic mass is 9.93. The summed E-state index contributed by atoms with van der Waals surface area (Å²) in [6.45, 7) is 0.693. The van der Waals surface area contributed by atoms with Crippen LogP contribution >= 0.6 is 11.6 Å². The number of nitrogens with one attached hydrogen (secondary N) is 2. The first kappa shape index (κ1) is 52.4. The lowest BCUT2D eigenvalue weighted by Gasteiger charge is -2.29. The molecule has 0 bridgehead atoms. The number of imide groups is 1. The molecule has 0 spiro atoms. The number of benzene rings is 2. The first-order valence-corrected chi connectivity index (χ1v) is 25.0. The lowest BCUT2D eigenvalue weighted by molar-refractivity contribution is -0.139. The van der Waals surface area contributed by atoms with Crippen LogP contribution < -0.4 is 38.8 Å². The van der Waals surface area contributed by atoms with E-state index in [0.29, 0.717) is 40.3 Å². The summed E-state index contributed by atoms with van der Waals surface area (Å²) in [6.07, 6.45) is 10.9. The summed E-state index contributed by atoms with van der Waals surface area (Å²) in [5, 5.41) is 10.6. The van der Waals surface area contributed by atoms with E-state index in [0.717, 1.165) is 33.6 Å². The Morgan fingerprint density at radius 2 is 1.62 bits per heavy atom. The zero-order chi connectivity index (χ0) is 52.8. The summed E-state index contributed by atoms with van der Waals surface area (Å²) in [6, 6.07) is 13.8. The third kappa shape index (κ3) is 11.2. The number of nitrogens with zero attached hydrogens (tertiary/aromatic N) is 7. The van der Waals surface area contributed by atoms with Crippen LogP contribution in [0, 0.1) is 18.2 Å². The van der Waals surface area contributed by atoms with E-state index in [1.807, 2.05) is 0 Å². The molecule has 0 atom stereocenters. The molecule has 0 saturated heterocycles. The van der Waals surface area contributed by atoms with Crippen LogP contribution in [0.25, 0.3) is 16.6 Å². The topological polar surface area (TPSA) is 297 Å². The van der Waals surface area contributed by atoms with Crippen LogP contribution in [0.15, 0.2) is 94.3 Å². The zero-order valence-electron chi connectivity index (χ0n) is 38.6. The number of pyridine rings is 2. The van der Waals surface area contributed by atoms with Gasteiger partial charge in [-0.25, -0.2) is 37.0 Å². The highest BCUT2D eigenvalue weighted by atomic mass is 35.5. The molecule has 5 amide bonds. The average molecular weight is 1060 g/mol. The maximum Gasteiger partial charge on any atom is 0.341 e. The molecule has 0 saturated carbocycles. The zero-order valence-corrected chi connectivity index (χ0v) is 41.0. The van der Waals surface area contributed by atoms with Gasteiger partial charge < -0.3 is 24.1 Å². The van der Waals surface area contributed by atoms with Crippen LogP contribution in [0.2, 0.25) is 5.02 Å². The van der Waals surface area contributed by atoms with Gasteiger partial charge in [-0.15, -0.1) is 6.42 Å². The molecule has 3 aliphatic rings. The van der Waals surface area contributed by atoms with Crippen molar-refractivity contribution < 1.29 is 69.3 Å². The number of carboxylic acid groups (broad SMARTS) is 1. The molecule has 6 heterocycles. The van der Waals surface area contributed by atoms with Crippen LogP contribution in [-0.2, 0) is 39.0 Å². The number of imidazole rings is 1. The van der Waals surface area contributed by atoms with E-state index in [-0.39, 0.29) is 65.3 Å². The minimum Gasteiger partial charge on any atom is -0.481 e. The van der Waals surface area contributed by atoms with Crippen molar-refractivity contribution in [3.05, 3.63) is 95.0 Å². The fourth-order valence-electron chi connectivity index (χ4n) is 7.47.